The summed E-state index contributed by atoms with van der Waals surface area (Å²) in [6, 6.07) is 5.28. The van der Waals surface area contributed by atoms with Crippen molar-refractivity contribution in [1.29, 1.82) is 0 Å². The molecule has 1 unspecified atom stereocenters. The Bertz CT molecular complexity index is 393. The summed E-state index contributed by atoms with van der Waals surface area (Å²) >= 11 is 0. The zero-order valence-corrected chi connectivity index (χ0v) is 11.7. The van der Waals surface area contributed by atoms with E-state index in [1.54, 1.807) is 12.1 Å². The quantitative estimate of drug-likeness (QED) is 0.642. The minimum Gasteiger partial charge on any atom is -0.462 e. The first kappa shape index (κ1) is 14.6. The topological polar surface area (TPSA) is 52.3 Å². The highest BCUT2D eigenvalue weighted by atomic mass is 16.5. The van der Waals surface area contributed by atoms with E-state index >= 15 is 0 Å². The molecule has 0 fully saturated rings. The van der Waals surface area contributed by atoms with Crippen molar-refractivity contribution in [3.63, 3.8) is 0 Å². The Morgan fingerprint density at radius 3 is 2.50 bits per heavy atom. The number of ether oxygens (including phenoxy) is 1. The maximum atomic E-state index is 11.9. The van der Waals surface area contributed by atoms with Crippen LogP contribution < -0.4 is 5.73 Å². The molecule has 1 aromatic rings. The van der Waals surface area contributed by atoms with Gasteiger partial charge in [-0.3, -0.25) is 0 Å². The van der Waals surface area contributed by atoms with E-state index in [4.69, 9.17) is 10.5 Å². The number of nitrogens with two attached hydrogens (primary N) is 1. The molecule has 2 N–H and O–H groups in total. The Balaban J connectivity index is 2.55. The van der Waals surface area contributed by atoms with Crippen LogP contribution in [0.2, 0.25) is 0 Å². The van der Waals surface area contributed by atoms with Crippen molar-refractivity contribution in [2.45, 2.75) is 34.1 Å². The first-order valence-corrected chi connectivity index (χ1v) is 6.42. The standard InChI is InChI=1S/C15H23NO2/c1-10(2)5-12(4)9-18-15(17)13-6-11(3)7-14(16)8-13/h6-8,10,12H,5,9,16H2,1-4H3. The van der Waals surface area contributed by atoms with E-state index in [0.717, 1.165) is 12.0 Å². The number of hydrogen-bond acceptors (Lipinski definition) is 3. The molecule has 1 aromatic carbocycles. The van der Waals surface area contributed by atoms with Gasteiger partial charge in [0.25, 0.3) is 0 Å². The molecule has 3 heteroatoms. The van der Waals surface area contributed by atoms with Gasteiger partial charge in [-0.1, -0.05) is 20.8 Å². The van der Waals surface area contributed by atoms with Gasteiger partial charge >= 0.3 is 5.97 Å². The summed E-state index contributed by atoms with van der Waals surface area (Å²) in [5.74, 6) is 0.713. The van der Waals surface area contributed by atoms with Crippen molar-refractivity contribution >= 4 is 11.7 Å². The molecule has 1 atom stereocenters. The van der Waals surface area contributed by atoms with Crippen LogP contribution in [0.3, 0.4) is 0 Å². The normalized spacial score (nSPS) is 12.5. The molecule has 0 bridgehead atoms. The maximum absolute atomic E-state index is 11.9. The molecule has 0 aliphatic carbocycles. The fraction of sp³-hybridized carbons (Fsp3) is 0.533. The number of anilines is 1. The molecule has 1 rings (SSSR count). The second-order valence-corrected chi connectivity index (χ2v) is 5.47. The molecule has 0 saturated heterocycles. The van der Waals surface area contributed by atoms with Crippen molar-refractivity contribution < 1.29 is 9.53 Å². The Morgan fingerprint density at radius 2 is 1.94 bits per heavy atom. The van der Waals surface area contributed by atoms with Crippen LogP contribution in [0.25, 0.3) is 0 Å². The highest BCUT2D eigenvalue weighted by molar-refractivity contribution is 5.90. The van der Waals surface area contributed by atoms with E-state index in [2.05, 4.69) is 20.8 Å². The lowest BCUT2D eigenvalue weighted by molar-refractivity contribution is 0.0436. The number of esters is 1. The Morgan fingerprint density at radius 1 is 1.28 bits per heavy atom. The molecular formula is C15H23NO2. The van der Waals surface area contributed by atoms with Gasteiger partial charge in [-0.2, -0.15) is 0 Å². The molecule has 0 spiro atoms. The van der Waals surface area contributed by atoms with E-state index in [0.29, 0.717) is 29.7 Å². The van der Waals surface area contributed by atoms with Crippen LogP contribution in [0.1, 0.15) is 43.1 Å². The molecule has 18 heavy (non-hydrogen) atoms. The Kier molecular flexibility index (Phi) is 5.20. The molecule has 0 amide bonds. The first-order chi connectivity index (χ1) is 8.38. The third-order valence-electron chi connectivity index (χ3n) is 2.71. The van der Waals surface area contributed by atoms with Crippen LogP contribution in [0.4, 0.5) is 5.69 Å². The maximum Gasteiger partial charge on any atom is 0.338 e. The highest BCUT2D eigenvalue weighted by Crippen LogP contribution is 2.15. The number of aryl methyl sites for hydroxylation is 1. The van der Waals surface area contributed by atoms with Gasteiger partial charge < -0.3 is 10.5 Å². The van der Waals surface area contributed by atoms with Crippen LogP contribution in [0, 0.1) is 18.8 Å². The van der Waals surface area contributed by atoms with Gasteiger partial charge in [-0.05, 0) is 48.9 Å². The first-order valence-electron chi connectivity index (χ1n) is 6.42. The zero-order chi connectivity index (χ0) is 13.7. The average molecular weight is 249 g/mol. The van der Waals surface area contributed by atoms with E-state index in [-0.39, 0.29) is 5.97 Å². The zero-order valence-electron chi connectivity index (χ0n) is 11.7. The van der Waals surface area contributed by atoms with Crippen molar-refractivity contribution in [2.75, 3.05) is 12.3 Å². The minimum absolute atomic E-state index is 0.291. The lowest BCUT2D eigenvalue weighted by atomic mass is 10.00. The second kappa shape index (κ2) is 6.43. The van der Waals surface area contributed by atoms with Gasteiger partial charge in [-0.15, -0.1) is 0 Å². The predicted octanol–water partition coefficient (Wildman–Crippen LogP) is 3.42. The summed E-state index contributed by atoms with van der Waals surface area (Å²) in [6.07, 6.45) is 1.06. The van der Waals surface area contributed by atoms with Crippen LogP contribution in [0.15, 0.2) is 18.2 Å². The fourth-order valence-electron chi connectivity index (χ4n) is 2.10. The Hall–Kier alpha value is -1.51. The van der Waals surface area contributed by atoms with Crippen LogP contribution >= 0.6 is 0 Å². The molecule has 0 aliphatic heterocycles. The average Bonchev–Trinajstić information content (AvgIpc) is 2.23. The fourth-order valence-corrected chi connectivity index (χ4v) is 2.10. The number of carbonyl (C=O) groups excluding carboxylic acids is 1. The lowest BCUT2D eigenvalue weighted by Gasteiger charge is -2.14. The minimum atomic E-state index is -0.291. The summed E-state index contributed by atoms with van der Waals surface area (Å²) in [5, 5.41) is 0. The summed E-state index contributed by atoms with van der Waals surface area (Å²) in [5.41, 5.74) is 7.81. The number of hydrogen-bond donors (Lipinski definition) is 1. The van der Waals surface area contributed by atoms with E-state index in [1.807, 2.05) is 13.0 Å². The number of benzene rings is 1. The second-order valence-electron chi connectivity index (χ2n) is 5.47. The smallest absolute Gasteiger partial charge is 0.338 e. The molecule has 0 radical (unpaired) electrons. The molecule has 3 nitrogen and oxygen atoms in total. The van der Waals surface area contributed by atoms with Gasteiger partial charge in [0.1, 0.15) is 0 Å². The monoisotopic (exact) mass is 249 g/mol. The number of nitrogen functional groups attached to an aromatic ring is 1. The van der Waals surface area contributed by atoms with Crippen molar-refractivity contribution in [3.05, 3.63) is 29.3 Å². The van der Waals surface area contributed by atoms with E-state index in [9.17, 15) is 4.79 Å². The van der Waals surface area contributed by atoms with Gasteiger partial charge in [0.2, 0.25) is 0 Å². The third kappa shape index (κ3) is 4.78. The van der Waals surface area contributed by atoms with Crippen molar-refractivity contribution in [1.82, 2.24) is 0 Å². The Labute approximate surface area is 109 Å². The van der Waals surface area contributed by atoms with Crippen LogP contribution in [0.5, 0.6) is 0 Å². The lowest BCUT2D eigenvalue weighted by Crippen LogP contribution is -2.14. The van der Waals surface area contributed by atoms with Crippen LogP contribution in [-0.4, -0.2) is 12.6 Å². The largest absolute Gasteiger partial charge is 0.462 e. The van der Waals surface area contributed by atoms with Gasteiger partial charge in [-0.25, -0.2) is 4.79 Å². The molecule has 0 aliphatic rings. The van der Waals surface area contributed by atoms with Crippen molar-refractivity contribution in [3.8, 4) is 0 Å². The number of carbonyl (C=O) groups is 1. The predicted molar refractivity (Wildman–Crippen MR) is 74.5 cm³/mol. The number of rotatable bonds is 5. The van der Waals surface area contributed by atoms with Crippen LogP contribution in [-0.2, 0) is 4.74 Å². The molecule has 0 heterocycles. The van der Waals surface area contributed by atoms with Gasteiger partial charge in [0.15, 0.2) is 0 Å². The SMILES string of the molecule is Cc1cc(N)cc(C(=O)OCC(C)CC(C)C)c1. The summed E-state index contributed by atoms with van der Waals surface area (Å²) in [6.45, 7) is 8.80. The highest BCUT2D eigenvalue weighted by Gasteiger charge is 2.11. The van der Waals surface area contributed by atoms with Gasteiger partial charge in [0.05, 0.1) is 12.2 Å². The van der Waals surface area contributed by atoms with Gasteiger partial charge in [0, 0.05) is 5.69 Å². The molecular weight excluding hydrogens is 226 g/mol. The van der Waals surface area contributed by atoms with E-state index in [1.165, 1.54) is 0 Å². The molecule has 0 saturated carbocycles. The molecule has 100 valence electrons. The van der Waals surface area contributed by atoms with Crippen molar-refractivity contribution in [2.24, 2.45) is 11.8 Å². The third-order valence-corrected chi connectivity index (χ3v) is 2.71. The summed E-state index contributed by atoms with van der Waals surface area (Å²) in [7, 11) is 0. The molecule has 0 aromatic heterocycles. The summed E-state index contributed by atoms with van der Waals surface area (Å²) < 4.78 is 5.31. The van der Waals surface area contributed by atoms with E-state index < -0.39 is 0 Å². The summed E-state index contributed by atoms with van der Waals surface area (Å²) in [4.78, 5) is 11.9.